The van der Waals surface area contributed by atoms with E-state index in [9.17, 15) is 15.2 Å². The van der Waals surface area contributed by atoms with Crippen LogP contribution in [0.25, 0.3) is 0 Å². The maximum absolute atomic E-state index is 12.0. The molecule has 50 heavy (non-hydrogen) atoms. The number of rotatable bonds is 43. The van der Waals surface area contributed by atoms with Crippen molar-refractivity contribution in [2.24, 2.45) is 0 Å². The highest BCUT2D eigenvalue weighted by atomic mass is 16.5. The zero-order valence-corrected chi connectivity index (χ0v) is 34.1. The molecule has 0 bridgehead atoms. The molecule has 0 aromatic carbocycles. The van der Waals surface area contributed by atoms with E-state index in [0.717, 1.165) is 77.5 Å². The molecule has 0 saturated heterocycles. The van der Waals surface area contributed by atoms with Gasteiger partial charge in [0, 0.05) is 32.6 Å². The van der Waals surface area contributed by atoms with E-state index in [0.29, 0.717) is 13.0 Å². The predicted molar refractivity (Wildman–Crippen MR) is 215 cm³/mol. The number of nitrogens with zero attached hydrogens (tertiary/aromatic N) is 2. The van der Waals surface area contributed by atoms with Crippen molar-refractivity contribution in [2.45, 2.75) is 245 Å². The van der Waals surface area contributed by atoms with Crippen LogP contribution >= 0.6 is 0 Å². The third kappa shape index (κ3) is 41.7. The van der Waals surface area contributed by atoms with Gasteiger partial charge in [-0.25, -0.2) is 0 Å². The number of esters is 1. The number of carbonyl (C=O) groups excluding carboxylic acids is 1. The lowest BCUT2D eigenvalue weighted by Gasteiger charge is -2.14. The van der Waals surface area contributed by atoms with Gasteiger partial charge in [0.05, 0.1) is 6.61 Å². The lowest BCUT2D eigenvalue weighted by Crippen LogP contribution is -2.21. The molecule has 0 amide bonds. The van der Waals surface area contributed by atoms with Gasteiger partial charge in [-0.1, -0.05) is 200 Å². The van der Waals surface area contributed by atoms with Gasteiger partial charge in [0.15, 0.2) is 0 Å². The predicted octanol–water partition coefficient (Wildman–Crippen LogP) is 14.0. The topological polar surface area (TPSA) is 73.2 Å². The summed E-state index contributed by atoms with van der Waals surface area (Å²) in [5.41, 5.74) is 0. The third-order valence-corrected chi connectivity index (χ3v) is 10.4. The van der Waals surface area contributed by atoms with Gasteiger partial charge in [0.2, 0.25) is 0 Å². The summed E-state index contributed by atoms with van der Waals surface area (Å²) in [6.07, 6.45) is 44.6. The summed E-state index contributed by atoms with van der Waals surface area (Å²) >= 11 is 0. The molecule has 0 radical (unpaired) electrons. The summed E-state index contributed by atoms with van der Waals surface area (Å²) < 4.78 is 5.45. The van der Waals surface area contributed by atoms with E-state index >= 15 is 0 Å². The molecule has 6 nitrogen and oxygen atoms in total. The molecular formula is C44H90N2O4. The van der Waals surface area contributed by atoms with E-state index in [2.05, 4.69) is 13.8 Å². The molecule has 0 aliphatic carbocycles. The first kappa shape index (κ1) is 49.3. The molecule has 0 unspecified atom stereocenters. The first-order valence-corrected chi connectivity index (χ1v) is 22.6. The molecule has 0 saturated carbocycles. The number of ether oxygens (including phenoxy) is 1. The van der Waals surface area contributed by atoms with Crippen molar-refractivity contribution in [3.8, 4) is 0 Å². The van der Waals surface area contributed by atoms with Crippen LogP contribution in [0.4, 0.5) is 0 Å². The molecule has 300 valence electrons. The minimum atomic E-state index is -0.0264. The van der Waals surface area contributed by atoms with E-state index in [1.165, 1.54) is 178 Å². The van der Waals surface area contributed by atoms with E-state index in [1.54, 1.807) is 5.06 Å². The molecule has 0 atom stereocenters. The summed E-state index contributed by atoms with van der Waals surface area (Å²) in [6, 6.07) is 0. The highest BCUT2D eigenvalue weighted by Gasteiger charge is 2.04. The Balaban J connectivity index is 3.28. The van der Waals surface area contributed by atoms with E-state index in [-0.39, 0.29) is 5.97 Å². The fourth-order valence-electron chi connectivity index (χ4n) is 6.95. The monoisotopic (exact) mass is 711 g/mol. The average molecular weight is 711 g/mol. The second kappa shape index (κ2) is 42.7. The molecule has 0 fully saturated rings. The second-order valence-corrected chi connectivity index (χ2v) is 15.5. The Kier molecular flexibility index (Phi) is 42.1. The van der Waals surface area contributed by atoms with Crippen LogP contribution in [0.3, 0.4) is 0 Å². The quantitative estimate of drug-likeness (QED) is 0.0373. The molecule has 0 heterocycles. The Morgan fingerprint density at radius 3 is 0.900 bits per heavy atom. The zero-order chi connectivity index (χ0) is 36.4. The third-order valence-electron chi connectivity index (χ3n) is 10.4. The van der Waals surface area contributed by atoms with Crippen LogP contribution in [0.2, 0.25) is 0 Å². The highest BCUT2D eigenvalue weighted by Crippen LogP contribution is 2.14. The lowest BCUT2D eigenvalue weighted by molar-refractivity contribution is -0.143. The number of hydroxylamine groups is 4. The summed E-state index contributed by atoms with van der Waals surface area (Å²) in [7, 11) is 0. The summed E-state index contributed by atoms with van der Waals surface area (Å²) in [5, 5.41) is 23.3. The van der Waals surface area contributed by atoms with Crippen molar-refractivity contribution >= 4 is 5.97 Å². The maximum atomic E-state index is 12.0. The fourth-order valence-corrected chi connectivity index (χ4v) is 6.95. The largest absolute Gasteiger partial charge is 0.466 e. The van der Waals surface area contributed by atoms with Crippen molar-refractivity contribution in [2.75, 3.05) is 32.8 Å². The lowest BCUT2D eigenvalue weighted by atomic mass is 10.1. The number of hydrogen-bond acceptors (Lipinski definition) is 6. The van der Waals surface area contributed by atoms with Gasteiger partial charge >= 0.3 is 5.97 Å². The summed E-state index contributed by atoms with van der Waals surface area (Å²) in [4.78, 5) is 12.0. The molecule has 6 heteroatoms. The van der Waals surface area contributed by atoms with Gasteiger partial charge in [-0.2, -0.15) is 10.1 Å². The van der Waals surface area contributed by atoms with Crippen molar-refractivity contribution in [1.29, 1.82) is 0 Å². The highest BCUT2D eigenvalue weighted by molar-refractivity contribution is 5.69. The molecule has 0 aromatic heterocycles. The van der Waals surface area contributed by atoms with Gasteiger partial charge in [-0.3, -0.25) is 4.79 Å². The summed E-state index contributed by atoms with van der Waals surface area (Å²) in [5.74, 6) is -0.0264. The Bertz CT molecular complexity index is 650. The van der Waals surface area contributed by atoms with Crippen LogP contribution in [0.5, 0.6) is 0 Å². The minimum absolute atomic E-state index is 0.0264. The summed E-state index contributed by atoms with van der Waals surface area (Å²) in [6.45, 7) is 8.38. The van der Waals surface area contributed by atoms with Gasteiger partial charge in [0.25, 0.3) is 0 Å². The number of hydrogen-bond donors (Lipinski definition) is 2. The Morgan fingerprint density at radius 1 is 0.360 bits per heavy atom. The van der Waals surface area contributed by atoms with E-state index in [1.807, 2.05) is 0 Å². The first-order chi connectivity index (χ1) is 24.6. The van der Waals surface area contributed by atoms with Crippen molar-refractivity contribution in [3.63, 3.8) is 0 Å². The molecule has 0 aliphatic heterocycles. The van der Waals surface area contributed by atoms with Gasteiger partial charge < -0.3 is 15.2 Å². The molecule has 0 aromatic rings. The van der Waals surface area contributed by atoms with Crippen LogP contribution in [0, 0.1) is 0 Å². The average Bonchev–Trinajstić information content (AvgIpc) is 3.11. The Morgan fingerprint density at radius 2 is 0.600 bits per heavy atom. The van der Waals surface area contributed by atoms with E-state index in [4.69, 9.17) is 4.74 Å². The Labute approximate surface area is 313 Å². The second-order valence-electron chi connectivity index (χ2n) is 15.5. The number of unbranched alkanes of at least 4 members (excludes halogenated alkanes) is 31. The first-order valence-electron chi connectivity index (χ1n) is 22.6. The van der Waals surface area contributed by atoms with Crippen LogP contribution in [0.1, 0.15) is 245 Å². The minimum Gasteiger partial charge on any atom is -0.466 e. The molecule has 0 rings (SSSR count). The van der Waals surface area contributed by atoms with Crippen LogP contribution in [0.15, 0.2) is 0 Å². The number of carbonyl (C=O) groups is 1. The van der Waals surface area contributed by atoms with Gasteiger partial charge in [-0.15, -0.1) is 0 Å². The van der Waals surface area contributed by atoms with Crippen molar-refractivity contribution in [3.05, 3.63) is 0 Å². The van der Waals surface area contributed by atoms with Crippen LogP contribution in [-0.2, 0) is 9.53 Å². The molecule has 0 spiro atoms. The zero-order valence-electron chi connectivity index (χ0n) is 34.1. The fraction of sp³-hybridized carbons (Fsp3) is 0.977. The smallest absolute Gasteiger partial charge is 0.305 e. The standard InChI is InChI=1S/C44H90N2O4/c1-3-5-7-9-11-13-15-21-27-33-39-45(48)41-35-29-23-17-18-25-31-37-43-50-44(47)38-32-26-20-19-24-30-36-42-46(49)40-34-28-22-16-14-12-10-8-6-4-2/h48-49H,3-43H2,1-2H3. The Hall–Kier alpha value is -0.690. The van der Waals surface area contributed by atoms with Crippen LogP contribution < -0.4 is 0 Å². The van der Waals surface area contributed by atoms with Gasteiger partial charge in [-0.05, 0) is 38.5 Å². The van der Waals surface area contributed by atoms with Gasteiger partial charge in [0.1, 0.15) is 0 Å². The van der Waals surface area contributed by atoms with E-state index < -0.39 is 0 Å². The van der Waals surface area contributed by atoms with Crippen LogP contribution in [-0.4, -0.2) is 59.3 Å². The molecule has 2 N–H and O–H groups in total. The normalized spacial score (nSPS) is 11.7. The van der Waals surface area contributed by atoms with Crippen molar-refractivity contribution < 1.29 is 19.9 Å². The van der Waals surface area contributed by atoms with Crippen molar-refractivity contribution in [1.82, 2.24) is 10.1 Å². The molecule has 0 aliphatic rings. The SMILES string of the molecule is CCCCCCCCCCCCN(O)CCCCCCCCCCOC(=O)CCCCCCCCCN(O)CCCCCCCCCCCC. The molecular weight excluding hydrogens is 620 g/mol. The maximum Gasteiger partial charge on any atom is 0.305 e.